The Morgan fingerprint density at radius 2 is 1.93 bits per heavy atom. The van der Waals surface area contributed by atoms with E-state index in [0.29, 0.717) is 24.6 Å². The van der Waals surface area contributed by atoms with Gasteiger partial charge in [0.2, 0.25) is 5.91 Å². The number of carbonyl (C=O) groups is 1. The van der Waals surface area contributed by atoms with Gasteiger partial charge in [0.15, 0.2) is 22.3 Å². The number of thioether (sulfide) groups is 1. The quantitative estimate of drug-likeness (QED) is 0.630. The number of hydrogen-bond acceptors (Lipinski definition) is 6. The highest BCUT2D eigenvalue weighted by Crippen LogP contribution is 2.33. The maximum absolute atomic E-state index is 12.7. The van der Waals surface area contributed by atoms with Crippen molar-refractivity contribution in [3.63, 3.8) is 0 Å². The maximum Gasteiger partial charge on any atom is 0.233 e. The summed E-state index contributed by atoms with van der Waals surface area (Å²) in [6, 6.07) is 9.70. The first-order valence-electron chi connectivity index (χ1n) is 8.63. The number of pyridine rings is 1. The van der Waals surface area contributed by atoms with Crippen LogP contribution in [0.5, 0.6) is 11.5 Å². The summed E-state index contributed by atoms with van der Waals surface area (Å²) in [6.45, 7) is 1.28. The number of fused-ring (bicyclic) bond motifs is 2. The van der Waals surface area contributed by atoms with Crippen molar-refractivity contribution < 1.29 is 14.3 Å². The molecule has 0 bridgehead atoms. The van der Waals surface area contributed by atoms with Crippen molar-refractivity contribution in [3.8, 4) is 11.5 Å². The highest BCUT2D eigenvalue weighted by atomic mass is 32.2. The largest absolute Gasteiger partial charge is 0.493 e. The summed E-state index contributed by atoms with van der Waals surface area (Å²) in [4.78, 5) is 14.6. The van der Waals surface area contributed by atoms with E-state index in [9.17, 15) is 4.79 Å². The van der Waals surface area contributed by atoms with Crippen LogP contribution >= 0.6 is 11.8 Å². The van der Waals surface area contributed by atoms with Crippen LogP contribution < -0.4 is 9.47 Å². The van der Waals surface area contributed by atoms with Crippen LogP contribution in [0.4, 0.5) is 0 Å². The average Bonchev–Trinajstić information content (AvgIpc) is 3.13. The van der Waals surface area contributed by atoms with E-state index in [0.717, 1.165) is 28.5 Å². The van der Waals surface area contributed by atoms with Crippen LogP contribution in [0, 0.1) is 0 Å². The summed E-state index contributed by atoms with van der Waals surface area (Å²) in [5.74, 6) is 1.84. The fraction of sp³-hybridized carbons (Fsp3) is 0.316. The van der Waals surface area contributed by atoms with Crippen molar-refractivity contribution in [2.75, 3.05) is 26.5 Å². The van der Waals surface area contributed by atoms with Gasteiger partial charge in [-0.05, 0) is 41.8 Å². The van der Waals surface area contributed by atoms with Crippen molar-refractivity contribution in [3.05, 3.63) is 47.7 Å². The monoisotopic (exact) mass is 384 g/mol. The Morgan fingerprint density at radius 1 is 1.15 bits per heavy atom. The van der Waals surface area contributed by atoms with E-state index in [1.807, 2.05) is 45.8 Å². The van der Waals surface area contributed by atoms with Crippen LogP contribution in [-0.4, -0.2) is 51.9 Å². The van der Waals surface area contributed by atoms with E-state index in [1.165, 1.54) is 17.3 Å². The summed E-state index contributed by atoms with van der Waals surface area (Å²) in [7, 11) is 3.25. The van der Waals surface area contributed by atoms with E-state index >= 15 is 0 Å². The molecule has 7 nitrogen and oxygen atoms in total. The van der Waals surface area contributed by atoms with E-state index in [-0.39, 0.29) is 5.91 Å². The molecule has 1 amide bonds. The number of nitrogens with zero attached hydrogens (tertiary/aromatic N) is 4. The molecule has 2 aromatic heterocycles. The van der Waals surface area contributed by atoms with Gasteiger partial charge in [-0.3, -0.25) is 9.20 Å². The molecule has 0 aliphatic carbocycles. The molecule has 0 saturated heterocycles. The molecule has 0 spiro atoms. The van der Waals surface area contributed by atoms with Gasteiger partial charge in [0.25, 0.3) is 0 Å². The molecule has 1 aliphatic rings. The minimum atomic E-state index is 0.0908. The van der Waals surface area contributed by atoms with Crippen LogP contribution in [0.1, 0.15) is 11.1 Å². The van der Waals surface area contributed by atoms with Crippen molar-refractivity contribution in [2.45, 2.75) is 18.1 Å². The van der Waals surface area contributed by atoms with Crippen LogP contribution in [0.3, 0.4) is 0 Å². The second-order valence-electron chi connectivity index (χ2n) is 6.24. The molecule has 1 aliphatic heterocycles. The zero-order valence-electron chi connectivity index (χ0n) is 15.2. The predicted molar refractivity (Wildman–Crippen MR) is 102 cm³/mol. The lowest BCUT2D eigenvalue weighted by atomic mass is 9.99. The van der Waals surface area contributed by atoms with E-state index in [4.69, 9.17) is 9.47 Å². The number of ether oxygens (including phenoxy) is 2. The van der Waals surface area contributed by atoms with Gasteiger partial charge in [-0.2, -0.15) is 0 Å². The van der Waals surface area contributed by atoms with Crippen LogP contribution in [0.15, 0.2) is 41.7 Å². The summed E-state index contributed by atoms with van der Waals surface area (Å²) in [5, 5.41) is 9.01. The number of amides is 1. The van der Waals surface area contributed by atoms with Crippen molar-refractivity contribution in [1.29, 1.82) is 0 Å². The molecule has 0 unspecified atom stereocenters. The molecule has 3 heterocycles. The van der Waals surface area contributed by atoms with Gasteiger partial charge in [-0.25, -0.2) is 0 Å². The first-order chi connectivity index (χ1) is 13.2. The highest BCUT2D eigenvalue weighted by Gasteiger charge is 2.23. The van der Waals surface area contributed by atoms with Gasteiger partial charge in [0.1, 0.15) is 0 Å². The summed E-state index contributed by atoms with van der Waals surface area (Å²) in [5.41, 5.74) is 3.08. The van der Waals surface area contributed by atoms with Crippen LogP contribution in [0.25, 0.3) is 5.65 Å². The second-order valence-corrected chi connectivity index (χ2v) is 7.18. The standard InChI is InChI=1S/C19H20N4O3S/c1-25-15-9-13-6-8-22(11-14(13)10-16(15)26-2)18(24)12-27-19-21-20-17-5-3-4-7-23(17)19/h3-5,7,9-10H,6,8,11-12H2,1-2H3. The Bertz CT molecular complexity index is 988. The van der Waals surface area contributed by atoms with Gasteiger partial charge in [-0.15, -0.1) is 10.2 Å². The molecule has 0 atom stereocenters. The van der Waals surface area contributed by atoms with E-state index in [2.05, 4.69) is 10.2 Å². The molecule has 8 heteroatoms. The Kier molecular flexibility index (Phi) is 4.89. The van der Waals surface area contributed by atoms with Gasteiger partial charge in [0, 0.05) is 19.3 Å². The second kappa shape index (κ2) is 7.48. The molecule has 4 rings (SSSR count). The third-order valence-corrected chi connectivity index (χ3v) is 5.61. The number of rotatable bonds is 5. The third kappa shape index (κ3) is 3.44. The molecule has 27 heavy (non-hydrogen) atoms. The van der Waals surface area contributed by atoms with Crippen molar-refractivity contribution in [2.24, 2.45) is 0 Å². The van der Waals surface area contributed by atoms with Gasteiger partial charge in [0.05, 0.1) is 20.0 Å². The van der Waals surface area contributed by atoms with E-state index < -0.39 is 0 Å². The number of aromatic nitrogens is 3. The fourth-order valence-electron chi connectivity index (χ4n) is 3.23. The number of benzene rings is 1. The predicted octanol–water partition coefficient (Wildman–Crippen LogP) is 2.42. The van der Waals surface area contributed by atoms with Gasteiger partial charge >= 0.3 is 0 Å². The molecule has 0 N–H and O–H groups in total. The fourth-order valence-corrected chi connectivity index (χ4v) is 4.06. The normalized spacial score (nSPS) is 13.5. The highest BCUT2D eigenvalue weighted by molar-refractivity contribution is 7.99. The Labute approximate surface area is 161 Å². The number of carbonyl (C=O) groups excluding carboxylic acids is 1. The number of hydrogen-bond donors (Lipinski definition) is 0. The lowest BCUT2D eigenvalue weighted by molar-refractivity contribution is -0.129. The first-order valence-corrected chi connectivity index (χ1v) is 9.62. The Hall–Kier alpha value is -2.74. The Morgan fingerprint density at radius 3 is 2.70 bits per heavy atom. The Balaban J connectivity index is 1.45. The topological polar surface area (TPSA) is 69.0 Å². The minimum Gasteiger partial charge on any atom is -0.493 e. The smallest absolute Gasteiger partial charge is 0.233 e. The summed E-state index contributed by atoms with van der Waals surface area (Å²) in [6.07, 6.45) is 2.71. The summed E-state index contributed by atoms with van der Waals surface area (Å²) < 4.78 is 12.6. The summed E-state index contributed by atoms with van der Waals surface area (Å²) >= 11 is 1.41. The lowest BCUT2D eigenvalue weighted by Gasteiger charge is -2.29. The minimum absolute atomic E-state index is 0.0908. The zero-order valence-corrected chi connectivity index (χ0v) is 16.0. The SMILES string of the molecule is COc1cc2c(cc1OC)CN(C(=O)CSc1nnc3ccccn13)CC2. The third-order valence-electron chi connectivity index (χ3n) is 4.68. The van der Waals surface area contributed by atoms with Crippen LogP contribution in [-0.2, 0) is 17.8 Å². The molecule has 1 aromatic carbocycles. The van der Waals surface area contributed by atoms with Crippen molar-refractivity contribution >= 4 is 23.3 Å². The van der Waals surface area contributed by atoms with Gasteiger partial charge < -0.3 is 14.4 Å². The maximum atomic E-state index is 12.7. The average molecular weight is 384 g/mol. The van der Waals surface area contributed by atoms with E-state index in [1.54, 1.807) is 14.2 Å². The van der Waals surface area contributed by atoms with Gasteiger partial charge in [-0.1, -0.05) is 17.8 Å². The molecule has 0 fully saturated rings. The molecule has 140 valence electrons. The molecule has 0 saturated carbocycles. The zero-order chi connectivity index (χ0) is 18.8. The molecule has 3 aromatic rings. The first kappa shape index (κ1) is 17.7. The molecule has 0 radical (unpaired) electrons. The molecular weight excluding hydrogens is 364 g/mol. The molecular formula is C19H20N4O3S. The lowest BCUT2D eigenvalue weighted by Crippen LogP contribution is -2.37. The number of methoxy groups -OCH3 is 2. The van der Waals surface area contributed by atoms with Crippen LogP contribution in [0.2, 0.25) is 0 Å². The van der Waals surface area contributed by atoms with Crippen molar-refractivity contribution in [1.82, 2.24) is 19.5 Å².